The molecule has 0 amide bonds. The van der Waals surface area contributed by atoms with Crippen molar-refractivity contribution in [3.05, 3.63) is 53.4 Å². The van der Waals surface area contributed by atoms with Gasteiger partial charge in [0.2, 0.25) is 17.8 Å². The van der Waals surface area contributed by atoms with Crippen LogP contribution in [0.2, 0.25) is 0 Å². The monoisotopic (exact) mass is 430 g/mol. The van der Waals surface area contributed by atoms with Crippen molar-refractivity contribution >= 4 is 39.2 Å². The summed E-state index contributed by atoms with van der Waals surface area (Å²) in [6.45, 7) is 3.43. The van der Waals surface area contributed by atoms with Crippen LogP contribution < -0.4 is 15.4 Å². The van der Waals surface area contributed by atoms with E-state index in [9.17, 15) is 5.11 Å². The van der Waals surface area contributed by atoms with E-state index in [1.807, 2.05) is 24.3 Å². The summed E-state index contributed by atoms with van der Waals surface area (Å²) in [4.78, 5) is 16.8. The van der Waals surface area contributed by atoms with E-state index in [2.05, 4.69) is 46.5 Å². The Morgan fingerprint density at radius 1 is 0.963 bits per heavy atom. The molecule has 3 N–H and O–H groups in total. The topological polar surface area (TPSA) is 105 Å². The van der Waals surface area contributed by atoms with Gasteiger partial charge < -0.3 is 20.5 Å². The Morgan fingerprint density at radius 2 is 1.56 bits per heavy atom. The summed E-state index contributed by atoms with van der Waals surface area (Å²) in [7, 11) is 0. The van der Waals surface area contributed by atoms with Gasteiger partial charge >= 0.3 is 0 Å². The number of hydrogen-bond donors (Lipinski definition) is 3. The number of ether oxygens (including phenoxy) is 1. The highest BCUT2D eigenvalue weighted by molar-refractivity contribution is 9.10. The van der Waals surface area contributed by atoms with E-state index in [4.69, 9.17) is 4.74 Å². The smallest absolute Gasteiger partial charge is 0.233 e. The Balaban J connectivity index is 1.68. The van der Waals surface area contributed by atoms with Gasteiger partial charge in [-0.15, -0.1) is 0 Å². The van der Waals surface area contributed by atoms with Crippen molar-refractivity contribution in [2.75, 3.05) is 10.6 Å². The number of aromatic nitrogens is 4. The molecule has 27 heavy (non-hydrogen) atoms. The maximum atomic E-state index is 9.60. The van der Waals surface area contributed by atoms with Gasteiger partial charge in [0.25, 0.3) is 0 Å². The van der Waals surface area contributed by atoms with Crippen molar-refractivity contribution in [1.82, 2.24) is 19.9 Å². The minimum atomic E-state index is -0.614. The normalized spacial score (nSPS) is 12.9. The van der Waals surface area contributed by atoms with Crippen LogP contribution >= 0.6 is 15.9 Å². The van der Waals surface area contributed by atoms with Crippen molar-refractivity contribution < 1.29 is 9.84 Å². The second-order valence-electron chi connectivity index (χ2n) is 5.81. The largest absolute Gasteiger partial charge is 0.471 e. The van der Waals surface area contributed by atoms with Gasteiger partial charge in [0.15, 0.2) is 0 Å². The molecule has 3 aromatic rings. The Labute approximate surface area is 165 Å². The highest BCUT2D eigenvalue weighted by Crippen LogP contribution is 2.26. The summed E-state index contributed by atoms with van der Waals surface area (Å²) < 4.78 is 6.27. The zero-order chi connectivity index (χ0) is 19.2. The van der Waals surface area contributed by atoms with Crippen LogP contribution in [0.1, 0.15) is 13.8 Å². The quantitative estimate of drug-likeness (QED) is 0.521. The van der Waals surface area contributed by atoms with Crippen molar-refractivity contribution in [2.45, 2.75) is 26.1 Å². The molecule has 0 fully saturated rings. The number of aliphatic hydroxyl groups excluding tert-OH is 1. The number of aliphatic hydroxyl groups is 1. The fourth-order valence-corrected chi connectivity index (χ4v) is 2.31. The molecular formula is C18H19BrN6O2. The molecular weight excluding hydrogens is 412 g/mol. The van der Waals surface area contributed by atoms with Crippen molar-refractivity contribution in [3.63, 3.8) is 0 Å². The fraction of sp³-hybridized carbons (Fsp3) is 0.222. The highest BCUT2D eigenvalue weighted by Gasteiger charge is 2.14. The molecule has 8 nitrogen and oxygen atoms in total. The Hall–Kier alpha value is -2.78. The van der Waals surface area contributed by atoms with Crippen LogP contribution in [0.25, 0.3) is 0 Å². The molecule has 0 unspecified atom stereocenters. The highest BCUT2D eigenvalue weighted by atomic mass is 79.9. The minimum Gasteiger partial charge on any atom is -0.471 e. The van der Waals surface area contributed by atoms with Crippen LogP contribution in [0.3, 0.4) is 0 Å². The number of nitrogens with zero attached hydrogens (tertiary/aromatic N) is 4. The minimum absolute atomic E-state index is 0.361. The summed E-state index contributed by atoms with van der Waals surface area (Å²) >= 11 is 3.36. The van der Waals surface area contributed by atoms with Crippen molar-refractivity contribution in [2.24, 2.45) is 0 Å². The predicted molar refractivity (Wildman–Crippen MR) is 107 cm³/mol. The SMILES string of the molecule is C[C@@H](O)[C@@H](C)Oc1nc(Nc2ccc(Nc3ncccn3)cc2)ncc1Br. The predicted octanol–water partition coefficient (Wildman–Crippen LogP) is 3.66. The molecule has 2 aromatic heterocycles. The molecule has 0 aliphatic heterocycles. The number of anilines is 4. The molecule has 2 atom stereocenters. The first kappa shape index (κ1) is 19.0. The molecule has 0 aliphatic carbocycles. The number of halogens is 1. The lowest BCUT2D eigenvalue weighted by molar-refractivity contribution is 0.0569. The maximum Gasteiger partial charge on any atom is 0.233 e. The lowest BCUT2D eigenvalue weighted by atomic mass is 10.3. The summed E-state index contributed by atoms with van der Waals surface area (Å²) in [5, 5.41) is 15.8. The Bertz CT molecular complexity index is 877. The molecule has 0 aliphatic rings. The summed E-state index contributed by atoms with van der Waals surface area (Å²) in [6, 6.07) is 9.32. The van der Waals surface area contributed by atoms with E-state index in [1.165, 1.54) is 0 Å². The van der Waals surface area contributed by atoms with Gasteiger partial charge in [-0.2, -0.15) is 4.98 Å². The second kappa shape index (κ2) is 8.74. The molecule has 3 rings (SSSR count). The third-order valence-electron chi connectivity index (χ3n) is 3.65. The first-order valence-electron chi connectivity index (χ1n) is 8.29. The van der Waals surface area contributed by atoms with Crippen LogP contribution in [0.4, 0.5) is 23.3 Å². The van der Waals surface area contributed by atoms with Gasteiger partial charge in [-0.1, -0.05) is 0 Å². The van der Waals surface area contributed by atoms with Crippen molar-refractivity contribution in [1.29, 1.82) is 0 Å². The van der Waals surface area contributed by atoms with Gasteiger partial charge in [0.1, 0.15) is 6.10 Å². The summed E-state index contributed by atoms with van der Waals surface area (Å²) in [5.41, 5.74) is 1.67. The van der Waals surface area contributed by atoms with Crippen LogP contribution in [-0.2, 0) is 0 Å². The average molecular weight is 431 g/mol. The van der Waals surface area contributed by atoms with E-state index >= 15 is 0 Å². The first-order valence-corrected chi connectivity index (χ1v) is 9.09. The molecule has 140 valence electrons. The Morgan fingerprint density at radius 3 is 2.15 bits per heavy atom. The van der Waals surface area contributed by atoms with Gasteiger partial charge in [-0.25, -0.2) is 15.0 Å². The molecule has 0 saturated heterocycles. The van der Waals surface area contributed by atoms with Gasteiger partial charge in [0, 0.05) is 23.8 Å². The van der Waals surface area contributed by atoms with Crippen LogP contribution in [-0.4, -0.2) is 37.3 Å². The maximum absolute atomic E-state index is 9.60. The molecule has 0 spiro atoms. The standard InChI is InChI=1S/C18H19BrN6O2/c1-11(26)12(2)27-16-15(19)10-22-18(25-16)24-14-6-4-13(5-7-14)23-17-20-8-3-9-21-17/h3-12,26H,1-2H3,(H,20,21,23)(H,22,24,25)/t11-,12-/m1/s1. The second-order valence-corrected chi connectivity index (χ2v) is 6.66. The molecule has 0 bridgehead atoms. The van der Waals surface area contributed by atoms with E-state index in [0.717, 1.165) is 11.4 Å². The summed E-state index contributed by atoms with van der Waals surface area (Å²) in [5.74, 6) is 1.28. The molecule has 0 radical (unpaired) electrons. The zero-order valence-electron chi connectivity index (χ0n) is 14.8. The number of rotatable bonds is 7. The van der Waals surface area contributed by atoms with E-state index in [-0.39, 0.29) is 0 Å². The van der Waals surface area contributed by atoms with E-state index < -0.39 is 12.2 Å². The van der Waals surface area contributed by atoms with E-state index in [1.54, 1.807) is 38.5 Å². The third kappa shape index (κ3) is 5.35. The van der Waals surface area contributed by atoms with Gasteiger partial charge in [-0.3, -0.25) is 0 Å². The van der Waals surface area contributed by atoms with Crippen molar-refractivity contribution in [3.8, 4) is 5.88 Å². The lowest BCUT2D eigenvalue weighted by Crippen LogP contribution is -2.26. The molecule has 1 aromatic carbocycles. The number of benzene rings is 1. The number of nitrogens with one attached hydrogen (secondary N) is 2. The zero-order valence-corrected chi connectivity index (χ0v) is 16.4. The van der Waals surface area contributed by atoms with Gasteiger partial charge in [0.05, 0.1) is 16.8 Å². The van der Waals surface area contributed by atoms with E-state index in [0.29, 0.717) is 22.2 Å². The average Bonchev–Trinajstić information content (AvgIpc) is 2.67. The number of hydrogen-bond acceptors (Lipinski definition) is 8. The Kier molecular flexibility index (Phi) is 6.15. The molecule has 0 saturated carbocycles. The van der Waals surface area contributed by atoms with Crippen LogP contribution in [0.5, 0.6) is 5.88 Å². The van der Waals surface area contributed by atoms with Crippen LogP contribution in [0.15, 0.2) is 53.4 Å². The van der Waals surface area contributed by atoms with Crippen LogP contribution in [0, 0.1) is 0 Å². The lowest BCUT2D eigenvalue weighted by Gasteiger charge is -2.17. The molecule has 2 heterocycles. The first-order chi connectivity index (χ1) is 13.0. The fourth-order valence-electron chi connectivity index (χ4n) is 2.03. The van der Waals surface area contributed by atoms with Gasteiger partial charge in [-0.05, 0) is 60.1 Å². The summed E-state index contributed by atoms with van der Waals surface area (Å²) in [6.07, 6.45) is 3.94. The molecule has 9 heteroatoms. The third-order valence-corrected chi connectivity index (χ3v) is 4.20.